The highest BCUT2D eigenvalue weighted by Gasteiger charge is 2.62. The molecule has 1 saturated heterocycles. The van der Waals surface area contributed by atoms with E-state index in [0.29, 0.717) is 24.7 Å². The lowest BCUT2D eigenvalue weighted by Crippen LogP contribution is -2.68. The standard InChI is InChI=1S/C24H39N3O5/c1-14-6-5-7-17(19(25)28)27(14)20(29)18(26-21(30)32-22(2,3)4)23-9-15-8-16(10-23)12-24(31,11-15)13-23/h14-18,31H,5-13H2,1-4H3,(H2,25,28)(H,26,30)/t14-,15?,16?,17+,18-,23?,24?/m1/s1. The van der Waals surface area contributed by atoms with E-state index in [0.717, 1.165) is 44.9 Å². The van der Waals surface area contributed by atoms with Gasteiger partial charge in [-0.15, -0.1) is 0 Å². The second-order valence-electron chi connectivity index (χ2n) is 12.1. The fourth-order valence-electron chi connectivity index (χ4n) is 7.52. The van der Waals surface area contributed by atoms with Gasteiger partial charge in [-0.1, -0.05) is 0 Å². The third kappa shape index (κ3) is 4.35. The predicted octanol–water partition coefficient (Wildman–Crippen LogP) is 2.47. The minimum Gasteiger partial charge on any atom is -0.444 e. The van der Waals surface area contributed by atoms with Crippen LogP contribution < -0.4 is 11.1 Å². The Hall–Kier alpha value is -1.83. The summed E-state index contributed by atoms with van der Waals surface area (Å²) in [5.74, 6) is -0.0760. The van der Waals surface area contributed by atoms with E-state index >= 15 is 0 Å². The second-order valence-corrected chi connectivity index (χ2v) is 12.1. The Balaban J connectivity index is 1.69. The number of rotatable bonds is 4. The highest BCUT2D eigenvalue weighted by molar-refractivity contribution is 5.92. The van der Waals surface area contributed by atoms with Crippen LogP contribution in [0.25, 0.3) is 0 Å². The second kappa shape index (κ2) is 7.89. The van der Waals surface area contributed by atoms with Gasteiger partial charge in [0.2, 0.25) is 11.8 Å². The van der Waals surface area contributed by atoms with E-state index in [9.17, 15) is 19.5 Å². The molecular weight excluding hydrogens is 410 g/mol. The van der Waals surface area contributed by atoms with Gasteiger partial charge in [0, 0.05) is 11.5 Å². The van der Waals surface area contributed by atoms with Gasteiger partial charge in [-0.05, 0) is 97.3 Å². The summed E-state index contributed by atoms with van der Waals surface area (Å²) < 4.78 is 5.52. The Morgan fingerprint density at radius 1 is 1.12 bits per heavy atom. The molecule has 1 aliphatic heterocycles. The summed E-state index contributed by atoms with van der Waals surface area (Å²) >= 11 is 0. The lowest BCUT2D eigenvalue weighted by Gasteiger charge is -2.62. The van der Waals surface area contributed by atoms with Crippen LogP contribution in [-0.4, -0.2) is 57.2 Å². The molecule has 5 rings (SSSR count). The average Bonchev–Trinajstić information content (AvgIpc) is 2.61. The number of primary amides is 1. The van der Waals surface area contributed by atoms with Crippen molar-refractivity contribution in [2.45, 2.75) is 115 Å². The van der Waals surface area contributed by atoms with Crippen molar-refractivity contribution in [1.82, 2.24) is 10.2 Å². The smallest absolute Gasteiger partial charge is 0.408 e. The van der Waals surface area contributed by atoms with Crippen molar-refractivity contribution in [3.63, 3.8) is 0 Å². The average molecular weight is 450 g/mol. The van der Waals surface area contributed by atoms with Crippen LogP contribution >= 0.6 is 0 Å². The summed E-state index contributed by atoms with van der Waals surface area (Å²) in [5.41, 5.74) is 3.66. The molecule has 180 valence electrons. The summed E-state index contributed by atoms with van der Waals surface area (Å²) in [4.78, 5) is 40.8. The van der Waals surface area contributed by atoms with Crippen LogP contribution in [0.4, 0.5) is 4.79 Å². The zero-order chi connectivity index (χ0) is 23.5. The number of likely N-dealkylation sites (tertiary alicyclic amines) is 1. The minimum absolute atomic E-state index is 0.145. The first-order valence-electron chi connectivity index (χ1n) is 12.1. The highest BCUT2D eigenvalue weighted by Crippen LogP contribution is 2.63. The molecule has 1 heterocycles. The Morgan fingerprint density at radius 3 is 2.28 bits per heavy atom. The van der Waals surface area contributed by atoms with E-state index < -0.39 is 40.7 Å². The van der Waals surface area contributed by atoms with Gasteiger partial charge in [-0.2, -0.15) is 0 Å². The molecule has 0 aromatic heterocycles. The molecule has 0 spiro atoms. The lowest BCUT2D eigenvalue weighted by molar-refractivity contribution is -0.182. The van der Waals surface area contributed by atoms with Crippen LogP contribution in [0.5, 0.6) is 0 Å². The van der Waals surface area contributed by atoms with Gasteiger partial charge in [0.25, 0.3) is 0 Å². The number of hydrogen-bond acceptors (Lipinski definition) is 5. The van der Waals surface area contributed by atoms with E-state index in [4.69, 9.17) is 10.5 Å². The third-order valence-corrected chi connectivity index (χ3v) is 8.09. The molecule has 8 heteroatoms. The maximum Gasteiger partial charge on any atom is 0.408 e. The van der Waals surface area contributed by atoms with Crippen molar-refractivity contribution in [3.8, 4) is 0 Å². The molecule has 5 aliphatic rings. The van der Waals surface area contributed by atoms with Crippen molar-refractivity contribution in [2.24, 2.45) is 23.0 Å². The molecule has 5 atom stereocenters. The van der Waals surface area contributed by atoms with Crippen LogP contribution in [-0.2, 0) is 14.3 Å². The summed E-state index contributed by atoms with van der Waals surface area (Å²) in [5, 5.41) is 14.2. The first-order valence-corrected chi connectivity index (χ1v) is 12.1. The number of alkyl carbamates (subject to hydrolysis) is 1. The topological polar surface area (TPSA) is 122 Å². The van der Waals surface area contributed by atoms with Gasteiger partial charge in [-0.3, -0.25) is 9.59 Å². The molecule has 0 aromatic carbocycles. The number of nitrogens with one attached hydrogen (secondary N) is 1. The van der Waals surface area contributed by atoms with Crippen molar-refractivity contribution < 1.29 is 24.2 Å². The van der Waals surface area contributed by atoms with Gasteiger partial charge in [0.05, 0.1) is 5.60 Å². The van der Waals surface area contributed by atoms with E-state index in [1.807, 2.05) is 6.92 Å². The number of carbonyl (C=O) groups is 3. The van der Waals surface area contributed by atoms with E-state index in [2.05, 4.69) is 5.32 Å². The maximum atomic E-state index is 14.1. The fraction of sp³-hybridized carbons (Fsp3) is 0.875. The molecule has 4 N–H and O–H groups in total. The SMILES string of the molecule is C[C@@H]1CCC[C@@H](C(N)=O)N1C(=O)[C@@H](NC(=O)OC(C)(C)C)C12CC3CC(CC(O)(C3)C1)C2. The summed E-state index contributed by atoms with van der Waals surface area (Å²) in [6, 6.07) is -1.67. The third-order valence-electron chi connectivity index (χ3n) is 8.09. The van der Waals surface area contributed by atoms with Gasteiger partial charge >= 0.3 is 6.09 Å². The highest BCUT2D eigenvalue weighted by atomic mass is 16.6. The minimum atomic E-state index is -0.850. The molecule has 4 aliphatic carbocycles. The number of amides is 3. The van der Waals surface area contributed by atoms with Crippen LogP contribution in [0.15, 0.2) is 0 Å². The quantitative estimate of drug-likeness (QED) is 0.609. The monoisotopic (exact) mass is 449 g/mol. The van der Waals surface area contributed by atoms with Crippen molar-refractivity contribution in [3.05, 3.63) is 0 Å². The zero-order valence-corrected chi connectivity index (χ0v) is 19.9. The molecule has 32 heavy (non-hydrogen) atoms. The first-order chi connectivity index (χ1) is 14.8. The zero-order valence-electron chi connectivity index (χ0n) is 19.9. The predicted molar refractivity (Wildman–Crippen MR) is 118 cm³/mol. The van der Waals surface area contributed by atoms with Crippen molar-refractivity contribution >= 4 is 17.9 Å². The van der Waals surface area contributed by atoms with Gasteiger partial charge < -0.3 is 25.8 Å². The molecule has 5 fully saturated rings. The molecule has 3 amide bonds. The number of carbonyl (C=O) groups excluding carboxylic acids is 3. The van der Waals surface area contributed by atoms with Gasteiger partial charge in [-0.25, -0.2) is 4.79 Å². The Labute approximate surface area is 190 Å². The Kier molecular flexibility index (Phi) is 5.75. The van der Waals surface area contributed by atoms with Crippen LogP contribution in [0.3, 0.4) is 0 Å². The number of hydrogen-bond donors (Lipinski definition) is 3. The van der Waals surface area contributed by atoms with Crippen LogP contribution in [0.1, 0.15) is 85.5 Å². The Bertz CT molecular complexity index is 777. The molecule has 2 unspecified atom stereocenters. The Morgan fingerprint density at radius 2 is 1.75 bits per heavy atom. The first kappa shape index (κ1) is 23.3. The van der Waals surface area contributed by atoms with Gasteiger partial charge in [0.15, 0.2) is 0 Å². The molecule has 0 aromatic rings. The summed E-state index contributed by atoms with van der Waals surface area (Å²) in [6.07, 6.45) is 6.19. The number of ether oxygens (including phenoxy) is 1. The molecular formula is C24H39N3O5. The number of aliphatic hydroxyl groups is 1. The molecule has 4 bridgehead atoms. The summed E-state index contributed by atoms with van der Waals surface area (Å²) in [6.45, 7) is 7.29. The number of piperidine rings is 1. The van der Waals surface area contributed by atoms with E-state index in [-0.39, 0.29) is 11.9 Å². The van der Waals surface area contributed by atoms with Crippen LogP contribution in [0, 0.1) is 17.3 Å². The normalized spacial score (nSPS) is 39.5. The fourth-order valence-corrected chi connectivity index (χ4v) is 7.52. The summed E-state index contributed by atoms with van der Waals surface area (Å²) in [7, 11) is 0. The molecule has 4 saturated carbocycles. The van der Waals surface area contributed by atoms with E-state index in [1.165, 1.54) is 0 Å². The molecule has 0 radical (unpaired) electrons. The number of nitrogens with two attached hydrogens (primary N) is 1. The van der Waals surface area contributed by atoms with Crippen molar-refractivity contribution in [1.29, 1.82) is 0 Å². The lowest BCUT2D eigenvalue weighted by atomic mass is 9.46. The van der Waals surface area contributed by atoms with Crippen molar-refractivity contribution in [2.75, 3.05) is 0 Å². The van der Waals surface area contributed by atoms with Gasteiger partial charge in [0.1, 0.15) is 17.7 Å². The largest absolute Gasteiger partial charge is 0.444 e. The van der Waals surface area contributed by atoms with Crippen LogP contribution in [0.2, 0.25) is 0 Å². The van der Waals surface area contributed by atoms with E-state index in [1.54, 1.807) is 25.7 Å². The maximum absolute atomic E-state index is 14.1. The number of nitrogens with zero attached hydrogens (tertiary/aromatic N) is 1. The molecule has 8 nitrogen and oxygen atoms in total.